The Bertz CT molecular complexity index is 428. The second kappa shape index (κ2) is 5.14. The van der Waals surface area contributed by atoms with Gasteiger partial charge in [0, 0.05) is 6.20 Å². The molecular weight excluding hydrogens is 244 g/mol. The van der Waals surface area contributed by atoms with Crippen LogP contribution in [0.4, 0.5) is 0 Å². The molecule has 4 saturated carbocycles. The molecule has 1 unspecified atom stereocenters. The zero-order chi connectivity index (χ0) is 13.5. The van der Waals surface area contributed by atoms with E-state index >= 15 is 0 Å². The van der Waals surface area contributed by atoms with E-state index in [-0.39, 0.29) is 0 Å². The van der Waals surface area contributed by atoms with Crippen LogP contribution < -0.4 is 5.32 Å². The van der Waals surface area contributed by atoms with Crippen LogP contribution in [0.3, 0.4) is 0 Å². The molecule has 1 heterocycles. The van der Waals surface area contributed by atoms with Crippen molar-refractivity contribution in [3.63, 3.8) is 0 Å². The molecule has 4 aliphatic carbocycles. The zero-order valence-corrected chi connectivity index (χ0v) is 12.5. The molecule has 0 saturated heterocycles. The van der Waals surface area contributed by atoms with Crippen molar-refractivity contribution in [2.45, 2.75) is 45.1 Å². The summed E-state index contributed by atoms with van der Waals surface area (Å²) in [6, 6.07) is 6.88. The number of nitrogens with one attached hydrogen (secondary N) is 1. The van der Waals surface area contributed by atoms with Crippen molar-refractivity contribution < 1.29 is 0 Å². The zero-order valence-electron chi connectivity index (χ0n) is 12.5. The summed E-state index contributed by atoms with van der Waals surface area (Å²) in [4.78, 5) is 4.67. The highest BCUT2D eigenvalue weighted by Crippen LogP contribution is 2.59. The molecule has 2 nitrogen and oxygen atoms in total. The predicted molar refractivity (Wildman–Crippen MR) is 81.2 cm³/mol. The predicted octanol–water partition coefficient (Wildman–Crippen LogP) is 3.80. The second-order valence-electron chi connectivity index (χ2n) is 7.30. The monoisotopic (exact) mass is 270 g/mol. The van der Waals surface area contributed by atoms with Gasteiger partial charge in [-0.25, -0.2) is 0 Å². The summed E-state index contributed by atoms with van der Waals surface area (Å²) in [6.45, 7) is 3.27. The molecule has 2 heteroatoms. The molecule has 4 bridgehead atoms. The number of hydrogen-bond acceptors (Lipinski definition) is 2. The highest BCUT2D eigenvalue weighted by Gasteiger charge is 2.50. The van der Waals surface area contributed by atoms with Gasteiger partial charge in [0.05, 0.1) is 11.7 Å². The lowest BCUT2D eigenvalue weighted by molar-refractivity contribution is -0.0528. The van der Waals surface area contributed by atoms with E-state index in [1.165, 1.54) is 37.8 Å². The van der Waals surface area contributed by atoms with E-state index in [0.29, 0.717) is 6.04 Å². The van der Waals surface area contributed by atoms with Gasteiger partial charge < -0.3 is 5.32 Å². The fraction of sp³-hybridized carbons (Fsp3) is 0.722. The number of aromatic nitrogens is 1. The summed E-state index contributed by atoms with van der Waals surface area (Å²) in [5, 5.41) is 3.76. The molecule has 1 N–H and O–H groups in total. The minimum absolute atomic E-state index is 0.483. The highest BCUT2D eigenvalue weighted by atomic mass is 14.9. The van der Waals surface area contributed by atoms with E-state index in [9.17, 15) is 0 Å². The molecule has 0 aromatic carbocycles. The Hall–Kier alpha value is -0.890. The van der Waals surface area contributed by atoms with Crippen LogP contribution >= 0.6 is 0 Å². The summed E-state index contributed by atoms with van der Waals surface area (Å²) in [5.41, 5.74) is 1.27. The average Bonchev–Trinajstić information content (AvgIpc) is 2.46. The third-order valence-electron chi connectivity index (χ3n) is 6.12. The molecule has 1 aromatic rings. The summed E-state index contributed by atoms with van der Waals surface area (Å²) < 4.78 is 0. The van der Waals surface area contributed by atoms with Gasteiger partial charge in [0.2, 0.25) is 0 Å². The van der Waals surface area contributed by atoms with Crippen LogP contribution in [0.1, 0.15) is 50.8 Å². The summed E-state index contributed by atoms with van der Waals surface area (Å²) in [6.07, 6.45) is 9.46. The first-order valence-corrected chi connectivity index (χ1v) is 8.49. The normalized spacial score (nSPS) is 40.0. The average molecular weight is 270 g/mol. The SMILES string of the molecule is CCNC(c1ccccn1)C1C2CC3CC(C2)CC1C3. The number of rotatable bonds is 4. The van der Waals surface area contributed by atoms with E-state index < -0.39 is 0 Å². The molecule has 0 spiro atoms. The van der Waals surface area contributed by atoms with Crippen molar-refractivity contribution in [2.75, 3.05) is 6.54 Å². The van der Waals surface area contributed by atoms with Crippen LogP contribution in [-0.4, -0.2) is 11.5 Å². The smallest absolute Gasteiger partial charge is 0.0576 e. The number of pyridine rings is 1. The Kier molecular flexibility index (Phi) is 3.30. The molecular formula is C18H26N2. The van der Waals surface area contributed by atoms with Crippen molar-refractivity contribution in [1.82, 2.24) is 10.3 Å². The van der Waals surface area contributed by atoms with Gasteiger partial charge in [-0.3, -0.25) is 4.98 Å². The second-order valence-corrected chi connectivity index (χ2v) is 7.30. The fourth-order valence-electron chi connectivity index (χ4n) is 5.73. The van der Waals surface area contributed by atoms with Crippen LogP contribution in [-0.2, 0) is 0 Å². The first-order chi connectivity index (χ1) is 9.85. The Morgan fingerprint density at radius 3 is 2.35 bits per heavy atom. The lowest BCUT2D eigenvalue weighted by atomic mass is 9.50. The molecule has 0 aliphatic heterocycles. The first kappa shape index (κ1) is 12.8. The summed E-state index contributed by atoms with van der Waals surface area (Å²) in [5.74, 6) is 4.85. The minimum Gasteiger partial charge on any atom is -0.309 e. The van der Waals surface area contributed by atoms with Crippen molar-refractivity contribution >= 4 is 0 Å². The van der Waals surface area contributed by atoms with Gasteiger partial charge in [-0.05, 0) is 80.4 Å². The van der Waals surface area contributed by atoms with E-state index in [4.69, 9.17) is 0 Å². The van der Waals surface area contributed by atoms with Crippen LogP contribution in [0.15, 0.2) is 24.4 Å². The largest absolute Gasteiger partial charge is 0.309 e. The van der Waals surface area contributed by atoms with Gasteiger partial charge in [-0.1, -0.05) is 13.0 Å². The molecule has 1 atom stereocenters. The Morgan fingerprint density at radius 2 is 1.80 bits per heavy atom. The van der Waals surface area contributed by atoms with Crippen LogP contribution in [0, 0.1) is 29.6 Å². The number of hydrogen-bond donors (Lipinski definition) is 1. The van der Waals surface area contributed by atoms with Gasteiger partial charge in [0.15, 0.2) is 0 Å². The standard InChI is InChI=1S/C18H26N2/c1-2-19-18(16-5-3-4-6-20-16)17-14-8-12-7-13(10-14)11-15(17)9-12/h3-6,12-15,17-19H,2,7-11H2,1H3. The molecule has 5 rings (SSSR count). The highest BCUT2D eigenvalue weighted by molar-refractivity contribution is 5.13. The maximum atomic E-state index is 4.67. The van der Waals surface area contributed by atoms with Gasteiger partial charge in [-0.2, -0.15) is 0 Å². The lowest BCUT2D eigenvalue weighted by Crippen LogP contribution is -2.49. The fourth-order valence-corrected chi connectivity index (χ4v) is 5.73. The lowest BCUT2D eigenvalue weighted by Gasteiger charge is -2.56. The Balaban J connectivity index is 1.63. The van der Waals surface area contributed by atoms with Gasteiger partial charge in [0.25, 0.3) is 0 Å². The van der Waals surface area contributed by atoms with Crippen LogP contribution in [0.5, 0.6) is 0 Å². The van der Waals surface area contributed by atoms with Gasteiger partial charge in [-0.15, -0.1) is 0 Å². The third kappa shape index (κ3) is 2.09. The maximum absolute atomic E-state index is 4.67. The van der Waals surface area contributed by atoms with Crippen LogP contribution in [0.25, 0.3) is 0 Å². The van der Waals surface area contributed by atoms with Crippen molar-refractivity contribution in [3.8, 4) is 0 Å². The summed E-state index contributed by atoms with van der Waals surface area (Å²) in [7, 11) is 0. The van der Waals surface area contributed by atoms with E-state index in [1.807, 2.05) is 12.3 Å². The van der Waals surface area contributed by atoms with Crippen molar-refractivity contribution in [3.05, 3.63) is 30.1 Å². The molecule has 4 aliphatic rings. The van der Waals surface area contributed by atoms with E-state index in [1.54, 1.807) is 0 Å². The topological polar surface area (TPSA) is 24.9 Å². The molecule has 0 radical (unpaired) electrons. The van der Waals surface area contributed by atoms with Crippen LogP contribution in [0.2, 0.25) is 0 Å². The molecule has 20 heavy (non-hydrogen) atoms. The molecule has 4 fully saturated rings. The van der Waals surface area contributed by atoms with E-state index in [0.717, 1.165) is 36.1 Å². The molecule has 108 valence electrons. The molecule has 0 amide bonds. The molecule has 1 aromatic heterocycles. The maximum Gasteiger partial charge on any atom is 0.0576 e. The van der Waals surface area contributed by atoms with Gasteiger partial charge >= 0.3 is 0 Å². The quantitative estimate of drug-likeness (QED) is 0.900. The first-order valence-electron chi connectivity index (χ1n) is 8.49. The third-order valence-corrected chi connectivity index (χ3v) is 6.12. The minimum atomic E-state index is 0.483. The Morgan fingerprint density at radius 1 is 1.10 bits per heavy atom. The number of nitrogens with zero attached hydrogens (tertiary/aromatic N) is 1. The van der Waals surface area contributed by atoms with E-state index in [2.05, 4.69) is 29.4 Å². The Labute approximate surface area is 122 Å². The van der Waals surface area contributed by atoms with Gasteiger partial charge in [0.1, 0.15) is 0 Å². The summed E-state index contributed by atoms with van der Waals surface area (Å²) >= 11 is 0. The van der Waals surface area contributed by atoms with Crippen molar-refractivity contribution in [1.29, 1.82) is 0 Å². The van der Waals surface area contributed by atoms with Crippen molar-refractivity contribution in [2.24, 2.45) is 29.6 Å².